The zero-order valence-electron chi connectivity index (χ0n) is 9.39. The predicted molar refractivity (Wildman–Crippen MR) is 62.6 cm³/mol. The van der Waals surface area contributed by atoms with E-state index < -0.39 is 10.0 Å². The first-order valence-corrected chi connectivity index (χ1v) is 7.36. The summed E-state index contributed by atoms with van der Waals surface area (Å²) in [4.78, 5) is 0.0558. The van der Waals surface area contributed by atoms with Gasteiger partial charge in [-0.25, -0.2) is 13.1 Å². The molecule has 94 valence electrons. The number of nitrogen functional groups attached to an aromatic ring is 1. The van der Waals surface area contributed by atoms with Crippen LogP contribution in [0.1, 0.15) is 25.7 Å². The van der Waals surface area contributed by atoms with Crippen molar-refractivity contribution in [3.05, 3.63) is 6.20 Å². The lowest BCUT2D eigenvalue weighted by Gasteiger charge is -2.22. The van der Waals surface area contributed by atoms with E-state index in [1.54, 1.807) is 0 Å². The number of fused-ring (bicyclic) bond motifs is 2. The van der Waals surface area contributed by atoms with E-state index in [0.29, 0.717) is 11.8 Å². The van der Waals surface area contributed by atoms with Gasteiger partial charge in [0.05, 0.1) is 6.20 Å². The van der Waals surface area contributed by atoms with Crippen molar-refractivity contribution in [2.24, 2.45) is 11.8 Å². The Morgan fingerprint density at radius 2 is 2.24 bits per heavy atom. The third kappa shape index (κ3) is 1.83. The van der Waals surface area contributed by atoms with Crippen molar-refractivity contribution in [2.75, 3.05) is 5.73 Å². The van der Waals surface area contributed by atoms with Gasteiger partial charge in [0.25, 0.3) is 0 Å². The highest BCUT2D eigenvalue weighted by Crippen LogP contribution is 2.44. The minimum atomic E-state index is -3.52. The smallest absolute Gasteiger partial charge is 0.246 e. The van der Waals surface area contributed by atoms with E-state index in [9.17, 15) is 8.42 Å². The third-order valence-corrected chi connectivity index (χ3v) is 5.48. The maximum Gasteiger partial charge on any atom is 0.246 e. The molecule has 3 unspecified atom stereocenters. The van der Waals surface area contributed by atoms with Crippen LogP contribution in [-0.4, -0.2) is 24.7 Å². The number of sulfonamides is 1. The molecule has 2 bridgehead atoms. The first-order valence-electron chi connectivity index (χ1n) is 5.87. The minimum Gasteiger partial charge on any atom is -0.383 e. The molecule has 2 fully saturated rings. The van der Waals surface area contributed by atoms with Crippen LogP contribution in [0, 0.1) is 11.8 Å². The number of hydrogen-bond acceptors (Lipinski definition) is 4. The first kappa shape index (κ1) is 11.0. The Balaban J connectivity index is 1.79. The van der Waals surface area contributed by atoms with Gasteiger partial charge in [-0.2, -0.15) is 5.10 Å². The fraction of sp³-hybridized carbons (Fsp3) is 0.700. The number of anilines is 1. The molecule has 2 aliphatic rings. The van der Waals surface area contributed by atoms with Gasteiger partial charge in [0.1, 0.15) is 10.7 Å². The summed E-state index contributed by atoms with van der Waals surface area (Å²) in [6.45, 7) is 0. The van der Waals surface area contributed by atoms with Crippen LogP contribution in [0.25, 0.3) is 0 Å². The van der Waals surface area contributed by atoms with Crippen LogP contribution in [0.2, 0.25) is 0 Å². The molecule has 2 saturated carbocycles. The molecule has 0 spiro atoms. The van der Waals surface area contributed by atoms with Crippen LogP contribution >= 0.6 is 0 Å². The molecule has 6 nitrogen and oxygen atoms in total. The normalized spacial score (nSPS) is 32.1. The summed E-state index contributed by atoms with van der Waals surface area (Å²) < 4.78 is 27.0. The van der Waals surface area contributed by atoms with Crippen LogP contribution in [-0.2, 0) is 10.0 Å². The molecule has 2 aliphatic carbocycles. The van der Waals surface area contributed by atoms with E-state index in [0.717, 1.165) is 19.3 Å². The second-order valence-electron chi connectivity index (χ2n) is 5.05. The Kier molecular flexibility index (Phi) is 2.41. The van der Waals surface area contributed by atoms with Gasteiger partial charge in [-0.05, 0) is 31.1 Å². The molecule has 1 aromatic rings. The molecule has 1 heterocycles. The van der Waals surface area contributed by atoms with Crippen LogP contribution in [0.15, 0.2) is 11.1 Å². The maximum atomic E-state index is 12.1. The number of H-pyrrole nitrogens is 1. The Hall–Kier alpha value is -1.08. The third-order valence-electron chi connectivity index (χ3n) is 3.97. The van der Waals surface area contributed by atoms with Gasteiger partial charge in [-0.3, -0.25) is 5.10 Å². The highest BCUT2D eigenvalue weighted by Gasteiger charge is 2.41. The summed E-state index contributed by atoms with van der Waals surface area (Å²) in [5.74, 6) is 1.30. The largest absolute Gasteiger partial charge is 0.383 e. The molecule has 4 N–H and O–H groups in total. The Morgan fingerprint density at radius 3 is 2.76 bits per heavy atom. The number of aromatic nitrogens is 2. The molecule has 0 radical (unpaired) electrons. The zero-order chi connectivity index (χ0) is 12.0. The van der Waals surface area contributed by atoms with Crippen molar-refractivity contribution in [3.63, 3.8) is 0 Å². The number of nitrogens with two attached hydrogens (primary N) is 1. The minimum absolute atomic E-state index is 0.0558. The average molecular weight is 256 g/mol. The summed E-state index contributed by atoms with van der Waals surface area (Å²) >= 11 is 0. The molecule has 3 atom stereocenters. The molecule has 0 aromatic carbocycles. The number of nitrogens with zero attached hydrogens (tertiary/aromatic N) is 1. The highest BCUT2D eigenvalue weighted by atomic mass is 32.2. The van der Waals surface area contributed by atoms with Gasteiger partial charge in [0.15, 0.2) is 0 Å². The van der Waals surface area contributed by atoms with Crippen LogP contribution in [0.3, 0.4) is 0 Å². The van der Waals surface area contributed by atoms with Crippen molar-refractivity contribution >= 4 is 15.8 Å². The molecule has 3 rings (SSSR count). The van der Waals surface area contributed by atoms with E-state index in [-0.39, 0.29) is 16.8 Å². The van der Waals surface area contributed by atoms with E-state index in [2.05, 4.69) is 14.9 Å². The van der Waals surface area contributed by atoms with Gasteiger partial charge in [0.2, 0.25) is 10.0 Å². The molecule has 0 amide bonds. The molecule has 17 heavy (non-hydrogen) atoms. The second kappa shape index (κ2) is 3.71. The highest BCUT2D eigenvalue weighted by molar-refractivity contribution is 7.89. The lowest BCUT2D eigenvalue weighted by atomic mass is 9.96. The number of rotatable bonds is 3. The van der Waals surface area contributed by atoms with Gasteiger partial charge < -0.3 is 5.73 Å². The summed E-state index contributed by atoms with van der Waals surface area (Å²) in [7, 11) is -3.52. The quantitative estimate of drug-likeness (QED) is 0.731. The van der Waals surface area contributed by atoms with Gasteiger partial charge >= 0.3 is 0 Å². The number of hydrogen-bond donors (Lipinski definition) is 3. The van der Waals surface area contributed by atoms with Gasteiger partial charge in [-0.15, -0.1) is 0 Å². The molecular weight excluding hydrogens is 240 g/mol. The predicted octanol–water partition coefficient (Wildman–Crippen LogP) is 0.459. The second-order valence-corrected chi connectivity index (χ2v) is 6.73. The van der Waals surface area contributed by atoms with E-state index in [1.165, 1.54) is 12.6 Å². The fourth-order valence-corrected chi connectivity index (χ4v) is 4.49. The Morgan fingerprint density at radius 1 is 1.41 bits per heavy atom. The SMILES string of the molecule is Nc1[nH]ncc1S(=O)(=O)NC1CC2CCC1C2. The molecule has 0 aliphatic heterocycles. The molecule has 1 aromatic heterocycles. The first-order chi connectivity index (χ1) is 8.06. The van der Waals surface area contributed by atoms with Crippen LogP contribution < -0.4 is 10.5 Å². The molecular formula is C10H16N4O2S. The maximum absolute atomic E-state index is 12.1. The van der Waals surface area contributed by atoms with Crippen molar-refractivity contribution in [3.8, 4) is 0 Å². The number of aromatic amines is 1. The van der Waals surface area contributed by atoms with Crippen molar-refractivity contribution in [1.29, 1.82) is 0 Å². The van der Waals surface area contributed by atoms with Crippen molar-refractivity contribution < 1.29 is 8.42 Å². The summed E-state index contributed by atoms with van der Waals surface area (Å²) in [6.07, 6.45) is 5.76. The van der Waals surface area contributed by atoms with Gasteiger partial charge in [0, 0.05) is 6.04 Å². The summed E-state index contributed by atoms with van der Waals surface area (Å²) in [5, 5.41) is 6.08. The molecule has 7 heteroatoms. The Labute approximate surface area is 100 Å². The van der Waals surface area contributed by atoms with Gasteiger partial charge in [-0.1, -0.05) is 6.42 Å². The summed E-state index contributed by atoms with van der Waals surface area (Å²) in [6, 6.07) is 0.0769. The van der Waals surface area contributed by atoms with E-state index >= 15 is 0 Å². The van der Waals surface area contributed by atoms with Crippen LogP contribution in [0.4, 0.5) is 5.82 Å². The lowest BCUT2D eigenvalue weighted by molar-refractivity contribution is 0.390. The fourth-order valence-electron chi connectivity index (χ4n) is 3.15. The monoisotopic (exact) mass is 256 g/mol. The zero-order valence-corrected chi connectivity index (χ0v) is 10.2. The van der Waals surface area contributed by atoms with Crippen molar-refractivity contribution in [2.45, 2.75) is 36.6 Å². The molecule has 0 saturated heterocycles. The average Bonchev–Trinajstić information content (AvgIpc) is 2.92. The van der Waals surface area contributed by atoms with E-state index in [4.69, 9.17) is 5.73 Å². The topological polar surface area (TPSA) is 101 Å². The number of nitrogens with one attached hydrogen (secondary N) is 2. The van der Waals surface area contributed by atoms with Crippen molar-refractivity contribution in [1.82, 2.24) is 14.9 Å². The standard InChI is InChI=1S/C10H16N4O2S/c11-10-9(5-12-13-10)17(15,16)14-8-4-6-1-2-7(8)3-6/h5-8,14H,1-4H2,(H3,11,12,13). The summed E-state index contributed by atoms with van der Waals surface area (Å²) in [5.41, 5.74) is 5.54. The lowest BCUT2D eigenvalue weighted by Crippen LogP contribution is -2.38. The Bertz CT molecular complexity index is 524. The van der Waals surface area contributed by atoms with Crippen LogP contribution in [0.5, 0.6) is 0 Å². The van der Waals surface area contributed by atoms with E-state index in [1.807, 2.05) is 0 Å².